The van der Waals surface area contributed by atoms with Crippen LogP contribution in [0.5, 0.6) is 0 Å². The number of hydrogen-bond donors (Lipinski definition) is 2. The largest absolute Gasteiger partial charge is 0.399 e. The molecule has 0 aliphatic heterocycles. The Morgan fingerprint density at radius 3 is 2.22 bits per heavy atom. The molecule has 0 radical (unpaired) electrons. The van der Waals surface area contributed by atoms with Gasteiger partial charge in [-0.1, -0.05) is 27.7 Å². The number of carbonyl (C=O) groups excluding carboxylic acids is 1. The molecule has 0 bridgehead atoms. The van der Waals surface area contributed by atoms with Crippen molar-refractivity contribution in [1.82, 2.24) is 0 Å². The smallest absolute Gasteiger partial charge is 0.228 e. The van der Waals surface area contributed by atoms with Gasteiger partial charge in [0.2, 0.25) is 5.91 Å². The van der Waals surface area contributed by atoms with Crippen molar-refractivity contribution >= 4 is 17.3 Å². The molecule has 18 heavy (non-hydrogen) atoms. The predicted octanol–water partition coefficient (Wildman–Crippen LogP) is 3.03. The minimum atomic E-state index is -0.445. The molecule has 0 spiro atoms. The van der Waals surface area contributed by atoms with Crippen LogP contribution in [0.4, 0.5) is 15.8 Å². The second kappa shape index (κ2) is 3.70. The van der Waals surface area contributed by atoms with Gasteiger partial charge >= 0.3 is 0 Å². The standard InChI is InChI=1S/C14H19FN2O/c1-13(2)11(14(13,3)4)12(18)17-10-6-8(15)5-9(16)7-10/h5-7,11H,16H2,1-4H3,(H,17,18). The molecule has 2 rings (SSSR count). The lowest BCUT2D eigenvalue weighted by Crippen LogP contribution is -2.17. The Kier molecular flexibility index (Phi) is 2.65. The summed E-state index contributed by atoms with van der Waals surface area (Å²) in [6.07, 6.45) is 0. The van der Waals surface area contributed by atoms with Crippen LogP contribution in [0.1, 0.15) is 27.7 Å². The number of nitrogens with one attached hydrogen (secondary N) is 1. The summed E-state index contributed by atoms with van der Waals surface area (Å²) in [5.74, 6) is -0.580. The van der Waals surface area contributed by atoms with Crippen molar-refractivity contribution in [2.75, 3.05) is 11.1 Å². The molecule has 1 aliphatic rings. The zero-order chi connectivity index (χ0) is 13.7. The second-order valence-electron chi connectivity index (χ2n) is 6.14. The highest BCUT2D eigenvalue weighted by Gasteiger charge is 2.68. The molecule has 0 aromatic heterocycles. The van der Waals surface area contributed by atoms with E-state index in [-0.39, 0.29) is 22.7 Å². The Balaban J connectivity index is 2.14. The highest BCUT2D eigenvalue weighted by atomic mass is 19.1. The van der Waals surface area contributed by atoms with Gasteiger partial charge in [-0.05, 0) is 29.0 Å². The first kappa shape index (κ1) is 12.9. The van der Waals surface area contributed by atoms with Gasteiger partial charge in [0.25, 0.3) is 0 Å². The van der Waals surface area contributed by atoms with E-state index in [1.165, 1.54) is 12.1 Å². The SMILES string of the molecule is CC1(C)C(C(=O)Nc2cc(N)cc(F)c2)C1(C)C. The molecule has 98 valence electrons. The minimum absolute atomic E-state index is 0.0318. The number of amides is 1. The third-order valence-electron chi connectivity index (χ3n) is 4.47. The fraction of sp³-hybridized carbons (Fsp3) is 0.500. The number of anilines is 2. The average molecular weight is 250 g/mol. The summed E-state index contributed by atoms with van der Waals surface area (Å²) in [6, 6.07) is 4.06. The van der Waals surface area contributed by atoms with Crippen LogP contribution >= 0.6 is 0 Å². The van der Waals surface area contributed by atoms with E-state index in [1.807, 2.05) is 0 Å². The fourth-order valence-electron chi connectivity index (χ4n) is 2.75. The van der Waals surface area contributed by atoms with Gasteiger partial charge in [0.15, 0.2) is 0 Å². The van der Waals surface area contributed by atoms with Crippen molar-refractivity contribution in [3.63, 3.8) is 0 Å². The Bertz CT molecular complexity index is 474. The molecule has 0 heterocycles. The van der Waals surface area contributed by atoms with E-state index in [4.69, 9.17) is 5.73 Å². The van der Waals surface area contributed by atoms with Crippen LogP contribution in [0.25, 0.3) is 0 Å². The summed E-state index contributed by atoms with van der Waals surface area (Å²) in [4.78, 5) is 12.2. The highest BCUT2D eigenvalue weighted by molar-refractivity contribution is 5.96. The van der Waals surface area contributed by atoms with Crippen molar-refractivity contribution < 1.29 is 9.18 Å². The van der Waals surface area contributed by atoms with E-state index in [1.54, 1.807) is 6.07 Å². The number of benzene rings is 1. The van der Waals surface area contributed by atoms with Crippen molar-refractivity contribution in [3.8, 4) is 0 Å². The quantitative estimate of drug-likeness (QED) is 0.793. The van der Waals surface area contributed by atoms with Gasteiger partial charge in [-0.15, -0.1) is 0 Å². The molecular weight excluding hydrogens is 231 g/mol. The summed E-state index contributed by atoms with van der Waals surface area (Å²) in [6.45, 7) is 8.27. The molecule has 0 saturated heterocycles. The summed E-state index contributed by atoms with van der Waals surface area (Å²) in [7, 11) is 0. The molecule has 1 amide bonds. The van der Waals surface area contributed by atoms with Crippen molar-refractivity contribution in [3.05, 3.63) is 24.0 Å². The van der Waals surface area contributed by atoms with Gasteiger partial charge in [0, 0.05) is 17.3 Å². The molecule has 1 saturated carbocycles. The molecule has 1 aliphatic carbocycles. The number of halogens is 1. The average Bonchev–Trinajstić information content (AvgIpc) is 2.54. The van der Waals surface area contributed by atoms with Crippen LogP contribution in [0.15, 0.2) is 18.2 Å². The molecule has 3 nitrogen and oxygen atoms in total. The van der Waals surface area contributed by atoms with E-state index in [2.05, 4.69) is 33.0 Å². The lowest BCUT2D eigenvalue weighted by Gasteiger charge is -2.07. The van der Waals surface area contributed by atoms with Crippen molar-refractivity contribution in [2.45, 2.75) is 27.7 Å². The summed E-state index contributed by atoms with van der Waals surface area (Å²) in [5.41, 5.74) is 6.20. The molecular formula is C14H19FN2O. The first-order valence-corrected chi connectivity index (χ1v) is 6.03. The van der Waals surface area contributed by atoms with E-state index >= 15 is 0 Å². The maximum atomic E-state index is 13.2. The normalized spacial score (nSPS) is 20.5. The van der Waals surface area contributed by atoms with Crippen LogP contribution in [0, 0.1) is 22.6 Å². The molecule has 4 heteroatoms. The van der Waals surface area contributed by atoms with Crippen LogP contribution < -0.4 is 11.1 Å². The van der Waals surface area contributed by atoms with Gasteiger partial charge in [0.05, 0.1) is 0 Å². The molecule has 1 aromatic rings. The topological polar surface area (TPSA) is 55.1 Å². The molecule has 3 N–H and O–H groups in total. The first-order valence-electron chi connectivity index (χ1n) is 6.03. The summed E-state index contributed by atoms with van der Waals surface area (Å²) < 4.78 is 13.2. The molecule has 0 unspecified atom stereocenters. The summed E-state index contributed by atoms with van der Waals surface area (Å²) >= 11 is 0. The number of rotatable bonds is 2. The van der Waals surface area contributed by atoms with E-state index in [9.17, 15) is 9.18 Å². The fourth-order valence-corrected chi connectivity index (χ4v) is 2.75. The van der Waals surface area contributed by atoms with Gasteiger partial charge in [0.1, 0.15) is 5.82 Å². The highest BCUT2D eigenvalue weighted by Crippen LogP contribution is 2.68. The maximum absolute atomic E-state index is 13.2. The van der Waals surface area contributed by atoms with Crippen LogP contribution in [-0.4, -0.2) is 5.91 Å². The van der Waals surface area contributed by atoms with Crippen LogP contribution in [-0.2, 0) is 4.79 Å². The lowest BCUT2D eigenvalue weighted by molar-refractivity contribution is -0.118. The Hall–Kier alpha value is -1.58. The zero-order valence-corrected chi connectivity index (χ0v) is 11.2. The molecule has 1 fully saturated rings. The third-order valence-corrected chi connectivity index (χ3v) is 4.47. The van der Waals surface area contributed by atoms with Gasteiger partial charge in [-0.2, -0.15) is 0 Å². The Morgan fingerprint density at radius 2 is 1.78 bits per heavy atom. The molecule has 1 aromatic carbocycles. The number of nitrogen functional groups attached to an aromatic ring is 1. The van der Waals surface area contributed by atoms with Crippen molar-refractivity contribution in [1.29, 1.82) is 0 Å². The molecule has 0 atom stereocenters. The van der Waals surface area contributed by atoms with Crippen molar-refractivity contribution in [2.24, 2.45) is 16.7 Å². The second-order valence-corrected chi connectivity index (χ2v) is 6.14. The maximum Gasteiger partial charge on any atom is 0.228 e. The minimum Gasteiger partial charge on any atom is -0.399 e. The van der Waals surface area contributed by atoms with Crippen LogP contribution in [0.2, 0.25) is 0 Å². The van der Waals surface area contributed by atoms with E-state index < -0.39 is 5.82 Å². The zero-order valence-electron chi connectivity index (χ0n) is 11.2. The summed E-state index contributed by atoms with van der Waals surface area (Å²) in [5, 5.41) is 2.74. The monoisotopic (exact) mass is 250 g/mol. The number of hydrogen-bond acceptors (Lipinski definition) is 2. The lowest BCUT2D eigenvalue weighted by atomic mass is 10.0. The van der Waals surface area contributed by atoms with Crippen LogP contribution in [0.3, 0.4) is 0 Å². The number of carbonyl (C=O) groups is 1. The third kappa shape index (κ3) is 1.85. The van der Waals surface area contributed by atoms with Gasteiger partial charge in [-0.25, -0.2) is 4.39 Å². The van der Waals surface area contributed by atoms with Gasteiger partial charge < -0.3 is 11.1 Å². The predicted molar refractivity (Wildman–Crippen MR) is 70.5 cm³/mol. The Labute approximate surface area is 107 Å². The Morgan fingerprint density at radius 1 is 1.22 bits per heavy atom. The number of nitrogens with two attached hydrogens (primary N) is 1. The van der Waals surface area contributed by atoms with E-state index in [0.29, 0.717) is 11.4 Å². The first-order chi connectivity index (χ1) is 8.16. The van der Waals surface area contributed by atoms with E-state index in [0.717, 1.165) is 0 Å². The van der Waals surface area contributed by atoms with Gasteiger partial charge in [-0.3, -0.25) is 4.79 Å².